The first-order valence-corrected chi connectivity index (χ1v) is 5.30. The van der Waals surface area contributed by atoms with Gasteiger partial charge in [0.15, 0.2) is 0 Å². The van der Waals surface area contributed by atoms with Crippen LogP contribution in [0.25, 0.3) is 0 Å². The minimum Gasteiger partial charge on any atom is -0.292 e. The molecule has 2 heteroatoms. The van der Waals surface area contributed by atoms with E-state index in [4.69, 9.17) is 0 Å². The highest BCUT2D eigenvalue weighted by atomic mass is 15.1. The molecule has 0 unspecified atom stereocenters. The van der Waals surface area contributed by atoms with E-state index in [-0.39, 0.29) is 5.54 Å². The van der Waals surface area contributed by atoms with Crippen molar-refractivity contribution in [2.24, 2.45) is 0 Å². The van der Waals surface area contributed by atoms with Gasteiger partial charge < -0.3 is 0 Å². The molecule has 0 atom stereocenters. The Kier molecular flexibility index (Phi) is 3.74. The zero-order valence-corrected chi connectivity index (χ0v) is 8.84. The molecule has 0 aliphatic heterocycles. The molecule has 0 amide bonds. The maximum Gasteiger partial charge on any atom is 0.108 e. The fourth-order valence-corrected chi connectivity index (χ4v) is 2.15. The van der Waals surface area contributed by atoms with Gasteiger partial charge >= 0.3 is 0 Å². The van der Waals surface area contributed by atoms with Crippen LogP contribution in [0.1, 0.15) is 44.9 Å². The Morgan fingerprint density at radius 3 is 1.85 bits per heavy atom. The van der Waals surface area contributed by atoms with Gasteiger partial charge in [0.05, 0.1) is 6.07 Å². The largest absolute Gasteiger partial charge is 0.292 e. The lowest BCUT2D eigenvalue weighted by Gasteiger charge is -2.34. The van der Waals surface area contributed by atoms with Gasteiger partial charge in [0.25, 0.3) is 0 Å². The van der Waals surface area contributed by atoms with Crippen LogP contribution in [-0.4, -0.2) is 24.5 Å². The van der Waals surface area contributed by atoms with E-state index in [2.05, 4.69) is 11.0 Å². The second-order valence-corrected chi connectivity index (χ2v) is 4.31. The van der Waals surface area contributed by atoms with Crippen molar-refractivity contribution in [2.45, 2.75) is 50.5 Å². The highest BCUT2D eigenvalue weighted by Gasteiger charge is 2.32. The van der Waals surface area contributed by atoms with E-state index >= 15 is 0 Å². The third-order valence-electron chi connectivity index (χ3n) is 3.24. The first-order chi connectivity index (χ1) is 6.21. The van der Waals surface area contributed by atoms with Gasteiger partial charge in [0.2, 0.25) is 0 Å². The summed E-state index contributed by atoms with van der Waals surface area (Å²) in [5, 5.41) is 9.24. The Hall–Kier alpha value is -0.550. The van der Waals surface area contributed by atoms with Gasteiger partial charge in [0.1, 0.15) is 5.54 Å². The molecule has 0 aromatic rings. The van der Waals surface area contributed by atoms with Crippen LogP contribution in [0.5, 0.6) is 0 Å². The fourth-order valence-electron chi connectivity index (χ4n) is 2.15. The summed E-state index contributed by atoms with van der Waals surface area (Å²) in [4.78, 5) is 2.11. The van der Waals surface area contributed by atoms with Crippen LogP contribution in [0, 0.1) is 11.3 Å². The van der Waals surface area contributed by atoms with E-state index < -0.39 is 0 Å². The predicted octanol–water partition coefficient (Wildman–Crippen LogP) is 2.55. The van der Waals surface area contributed by atoms with Crippen LogP contribution in [0.3, 0.4) is 0 Å². The maximum atomic E-state index is 9.24. The molecule has 74 valence electrons. The van der Waals surface area contributed by atoms with E-state index in [1.807, 2.05) is 14.1 Å². The number of nitriles is 1. The van der Waals surface area contributed by atoms with E-state index in [0.29, 0.717) is 0 Å². The summed E-state index contributed by atoms with van der Waals surface area (Å²) in [6.07, 6.45) is 8.49. The number of hydrogen-bond donors (Lipinski definition) is 0. The molecular weight excluding hydrogens is 160 g/mol. The SMILES string of the molecule is CN(C)C1(C#N)CCCCCCC1. The molecule has 0 heterocycles. The van der Waals surface area contributed by atoms with Gasteiger partial charge in [-0.15, -0.1) is 0 Å². The molecule has 0 saturated heterocycles. The highest BCUT2D eigenvalue weighted by molar-refractivity contribution is 5.07. The van der Waals surface area contributed by atoms with Crippen molar-refractivity contribution < 1.29 is 0 Å². The number of rotatable bonds is 1. The van der Waals surface area contributed by atoms with Gasteiger partial charge in [-0.2, -0.15) is 5.26 Å². The summed E-state index contributed by atoms with van der Waals surface area (Å²) in [7, 11) is 4.07. The van der Waals surface area contributed by atoms with Crippen LogP contribution in [0.4, 0.5) is 0 Å². The van der Waals surface area contributed by atoms with Crippen molar-refractivity contribution in [2.75, 3.05) is 14.1 Å². The van der Waals surface area contributed by atoms with E-state index in [1.54, 1.807) is 0 Å². The summed E-state index contributed by atoms with van der Waals surface area (Å²) < 4.78 is 0. The molecule has 1 aliphatic carbocycles. The Balaban J connectivity index is 2.65. The van der Waals surface area contributed by atoms with Gasteiger partial charge in [-0.3, -0.25) is 4.90 Å². The molecule has 2 nitrogen and oxygen atoms in total. The Bertz CT molecular complexity index is 183. The van der Waals surface area contributed by atoms with Crippen LogP contribution in [0.15, 0.2) is 0 Å². The van der Waals surface area contributed by atoms with E-state index in [9.17, 15) is 5.26 Å². The third kappa shape index (κ3) is 2.45. The van der Waals surface area contributed by atoms with Crippen molar-refractivity contribution in [1.82, 2.24) is 4.90 Å². The topological polar surface area (TPSA) is 27.0 Å². The van der Waals surface area contributed by atoms with Crippen molar-refractivity contribution in [3.63, 3.8) is 0 Å². The Morgan fingerprint density at radius 1 is 1.00 bits per heavy atom. The van der Waals surface area contributed by atoms with E-state index in [1.165, 1.54) is 32.1 Å². The molecule has 1 saturated carbocycles. The van der Waals surface area contributed by atoms with Crippen molar-refractivity contribution in [1.29, 1.82) is 5.26 Å². The molecule has 0 radical (unpaired) electrons. The zero-order valence-electron chi connectivity index (χ0n) is 8.84. The van der Waals surface area contributed by atoms with Crippen LogP contribution in [0.2, 0.25) is 0 Å². The second-order valence-electron chi connectivity index (χ2n) is 4.31. The van der Waals surface area contributed by atoms with Gasteiger partial charge in [-0.05, 0) is 26.9 Å². The summed E-state index contributed by atoms with van der Waals surface area (Å²) in [6, 6.07) is 2.51. The molecule has 0 spiro atoms. The molecule has 1 fully saturated rings. The lowest BCUT2D eigenvalue weighted by atomic mass is 9.84. The molecule has 0 aromatic heterocycles. The highest BCUT2D eigenvalue weighted by Crippen LogP contribution is 2.29. The van der Waals surface area contributed by atoms with Crippen LogP contribution in [-0.2, 0) is 0 Å². The smallest absolute Gasteiger partial charge is 0.108 e. The van der Waals surface area contributed by atoms with Crippen LogP contribution >= 0.6 is 0 Å². The number of nitrogens with zero attached hydrogens (tertiary/aromatic N) is 2. The number of hydrogen-bond acceptors (Lipinski definition) is 2. The average Bonchev–Trinajstić information content (AvgIpc) is 2.04. The van der Waals surface area contributed by atoms with Crippen molar-refractivity contribution in [3.8, 4) is 6.07 Å². The molecule has 0 N–H and O–H groups in total. The molecule has 1 rings (SSSR count). The minimum atomic E-state index is -0.166. The van der Waals surface area contributed by atoms with E-state index in [0.717, 1.165) is 12.8 Å². The van der Waals surface area contributed by atoms with Gasteiger partial charge in [-0.25, -0.2) is 0 Å². The Labute approximate surface area is 81.5 Å². The monoisotopic (exact) mass is 180 g/mol. The fraction of sp³-hybridized carbons (Fsp3) is 0.909. The summed E-state index contributed by atoms with van der Waals surface area (Å²) in [5.74, 6) is 0. The summed E-state index contributed by atoms with van der Waals surface area (Å²) >= 11 is 0. The van der Waals surface area contributed by atoms with Crippen molar-refractivity contribution >= 4 is 0 Å². The molecule has 13 heavy (non-hydrogen) atoms. The van der Waals surface area contributed by atoms with Crippen LogP contribution < -0.4 is 0 Å². The normalized spacial score (nSPS) is 23.2. The lowest BCUT2D eigenvalue weighted by Crippen LogP contribution is -2.43. The first kappa shape index (κ1) is 10.5. The second kappa shape index (κ2) is 4.62. The van der Waals surface area contributed by atoms with Crippen molar-refractivity contribution in [3.05, 3.63) is 0 Å². The summed E-state index contributed by atoms with van der Waals surface area (Å²) in [5.41, 5.74) is -0.166. The first-order valence-electron chi connectivity index (χ1n) is 5.30. The third-order valence-corrected chi connectivity index (χ3v) is 3.24. The maximum absolute atomic E-state index is 9.24. The zero-order chi connectivity index (χ0) is 9.73. The minimum absolute atomic E-state index is 0.166. The molecule has 1 aliphatic rings. The quantitative estimate of drug-likeness (QED) is 0.620. The predicted molar refractivity (Wildman–Crippen MR) is 54.4 cm³/mol. The summed E-state index contributed by atoms with van der Waals surface area (Å²) in [6.45, 7) is 0. The molecule has 0 aromatic carbocycles. The Morgan fingerprint density at radius 2 is 1.46 bits per heavy atom. The molecular formula is C11H20N2. The lowest BCUT2D eigenvalue weighted by molar-refractivity contribution is 0.172. The average molecular weight is 180 g/mol. The standard InChI is InChI=1S/C11H20N2/c1-13(2)11(10-12)8-6-4-3-5-7-9-11/h3-9H2,1-2H3. The van der Waals surface area contributed by atoms with Gasteiger partial charge in [-0.1, -0.05) is 32.1 Å². The van der Waals surface area contributed by atoms with Gasteiger partial charge in [0, 0.05) is 0 Å². The molecule has 0 bridgehead atoms.